The first kappa shape index (κ1) is 12.4. The highest BCUT2D eigenvalue weighted by Gasteiger charge is 2.20. The molecule has 0 aliphatic rings. The number of nitrogens with two attached hydrogens (primary N) is 1. The van der Waals surface area contributed by atoms with E-state index in [-0.39, 0.29) is 11.8 Å². The van der Waals surface area contributed by atoms with Crippen molar-refractivity contribution in [3.8, 4) is 0 Å². The summed E-state index contributed by atoms with van der Waals surface area (Å²) in [4.78, 5) is 0. The number of nitrogens with one attached hydrogen (secondary N) is 1. The van der Waals surface area contributed by atoms with Gasteiger partial charge in [0.2, 0.25) is 0 Å². The van der Waals surface area contributed by atoms with E-state index in [9.17, 15) is 0 Å². The molecule has 2 nitrogen and oxygen atoms in total. The molecule has 0 unspecified atom stereocenters. The third kappa shape index (κ3) is 2.28. The highest BCUT2D eigenvalue weighted by molar-refractivity contribution is 5.88. The van der Waals surface area contributed by atoms with Crippen molar-refractivity contribution in [1.29, 1.82) is 5.41 Å². The van der Waals surface area contributed by atoms with Crippen molar-refractivity contribution in [2.24, 2.45) is 5.73 Å². The maximum absolute atomic E-state index is 7.90. The fourth-order valence-corrected chi connectivity index (χ4v) is 2.32. The third-order valence-electron chi connectivity index (χ3n) is 3.31. The van der Waals surface area contributed by atoms with Gasteiger partial charge in [0.25, 0.3) is 0 Å². The van der Waals surface area contributed by atoms with Crippen LogP contribution in [0.1, 0.15) is 28.2 Å². The van der Waals surface area contributed by atoms with E-state index in [4.69, 9.17) is 11.1 Å². The highest BCUT2D eigenvalue weighted by Crippen LogP contribution is 2.29. The molecule has 0 aliphatic heterocycles. The molecule has 18 heavy (non-hydrogen) atoms. The molecule has 0 heterocycles. The number of amidine groups is 1. The highest BCUT2D eigenvalue weighted by atomic mass is 14.7. The summed E-state index contributed by atoms with van der Waals surface area (Å²) in [5, 5.41) is 7.90. The minimum Gasteiger partial charge on any atom is -0.387 e. The van der Waals surface area contributed by atoms with E-state index in [0.717, 1.165) is 11.1 Å². The number of aryl methyl sites for hydroxylation is 2. The lowest BCUT2D eigenvalue weighted by Crippen LogP contribution is -2.23. The molecule has 0 bridgehead atoms. The lowest BCUT2D eigenvalue weighted by atomic mass is 9.85. The van der Waals surface area contributed by atoms with Crippen LogP contribution in [0.25, 0.3) is 0 Å². The predicted octanol–water partition coefficient (Wildman–Crippen LogP) is 3.37. The van der Waals surface area contributed by atoms with Crippen LogP contribution in [-0.4, -0.2) is 5.84 Å². The monoisotopic (exact) mass is 238 g/mol. The molecule has 2 rings (SSSR count). The number of rotatable bonds is 3. The standard InChI is InChI=1S/C16H18N2/c1-11-7-3-5-9-13(11)15(16(17)18)14-10-6-4-8-12(14)2/h3-10,15H,1-2H3,(H3,17,18). The Hall–Kier alpha value is -2.09. The second-order valence-corrected chi connectivity index (χ2v) is 4.60. The third-order valence-corrected chi connectivity index (χ3v) is 3.31. The van der Waals surface area contributed by atoms with Gasteiger partial charge < -0.3 is 5.73 Å². The molecule has 0 aliphatic carbocycles. The molecule has 2 aromatic rings. The van der Waals surface area contributed by atoms with E-state index in [0.29, 0.717) is 0 Å². The van der Waals surface area contributed by atoms with Gasteiger partial charge in [-0.1, -0.05) is 48.5 Å². The Kier molecular flexibility index (Phi) is 3.47. The van der Waals surface area contributed by atoms with Crippen LogP contribution < -0.4 is 5.73 Å². The Morgan fingerprint density at radius 1 is 0.889 bits per heavy atom. The fraction of sp³-hybridized carbons (Fsp3) is 0.188. The van der Waals surface area contributed by atoms with Gasteiger partial charge in [-0.15, -0.1) is 0 Å². The van der Waals surface area contributed by atoms with E-state index in [1.165, 1.54) is 11.1 Å². The van der Waals surface area contributed by atoms with Gasteiger partial charge in [-0.3, -0.25) is 5.41 Å². The van der Waals surface area contributed by atoms with Crippen molar-refractivity contribution >= 4 is 5.84 Å². The van der Waals surface area contributed by atoms with Gasteiger partial charge in [0, 0.05) is 0 Å². The van der Waals surface area contributed by atoms with Crippen LogP contribution in [-0.2, 0) is 0 Å². The quantitative estimate of drug-likeness (QED) is 0.625. The molecule has 2 aromatic carbocycles. The lowest BCUT2D eigenvalue weighted by molar-refractivity contribution is 1.01. The lowest BCUT2D eigenvalue weighted by Gasteiger charge is -2.20. The van der Waals surface area contributed by atoms with E-state index < -0.39 is 0 Å². The van der Waals surface area contributed by atoms with Crippen molar-refractivity contribution in [3.05, 3.63) is 70.8 Å². The average Bonchev–Trinajstić information content (AvgIpc) is 2.34. The Labute approximate surface area is 108 Å². The molecular formula is C16H18N2. The zero-order valence-corrected chi connectivity index (χ0v) is 10.8. The van der Waals surface area contributed by atoms with Crippen LogP contribution in [0.2, 0.25) is 0 Å². The number of benzene rings is 2. The normalized spacial score (nSPS) is 10.6. The van der Waals surface area contributed by atoms with Crippen molar-refractivity contribution in [2.45, 2.75) is 19.8 Å². The molecule has 0 spiro atoms. The summed E-state index contributed by atoms with van der Waals surface area (Å²) < 4.78 is 0. The van der Waals surface area contributed by atoms with E-state index in [2.05, 4.69) is 26.0 Å². The summed E-state index contributed by atoms with van der Waals surface area (Å²) in [6.45, 7) is 4.12. The van der Waals surface area contributed by atoms with Gasteiger partial charge in [0.05, 0.1) is 5.92 Å². The summed E-state index contributed by atoms with van der Waals surface area (Å²) in [5.41, 5.74) is 10.4. The number of hydrogen-bond donors (Lipinski definition) is 2. The number of hydrogen-bond acceptors (Lipinski definition) is 1. The van der Waals surface area contributed by atoms with Gasteiger partial charge in [0.15, 0.2) is 0 Å². The first-order valence-electron chi connectivity index (χ1n) is 6.06. The molecule has 0 saturated heterocycles. The predicted molar refractivity (Wildman–Crippen MR) is 76.1 cm³/mol. The first-order valence-corrected chi connectivity index (χ1v) is 6.06. The summed E-state index contributed by atoms with van der Waals surface area (Å²) >= 11 is 0. The fourth-order valence-electron chi connectivity index (χ4n) is 2.32. The van der Waals surface area contributed by atoms with Gasteiger partial charge in [-0.25, -0.2) is 0 Å². The molecule has 2 heteroatoms. The molecule has 3 N–H and O–H groups in total. The maximum Gasteiger partial charge on any atom is 0.103 e. The summed E-state index contributed by atoms with van der Waals surface area (Å²) in [5.74, 6) is 0.0472. The van der Waals surface area contributed by atoms with Crippen LogP contribution in [0.5, 0.6) is 0 Å². The van der Waals surface area contributed by atoms with Gasteiger partial charge in [-0.05, 0) is 36.1 Å². The van der Waals surface area contributed by atoms with Crippen LogP contribution in [0.3, 0.4) is 0 Å². The molecule has 0 atom stereocenters. The molecule has 0 radical (unpaired) electrons. The Morgan fingerprint density at radius 3 is 1.61 bits per heavy atom. The molecule has 0 saturated carbocycles. The van der Waals surface area contributed by atoms with Crippen LogP contribution in [0.15, 0.2) is 48.5 Å². The van der Waals surface area contributed by atoms with Gasteiger partial charge >= 0.3 is 0 Å². The van der Waals surface area contributed by atoms with Crippen LogP contribution in [0, 0.1) is 19.3 Å². The Morgan fingerprint density at radius 2 is 1.28 bits per heavy atom. The summed E-state index contributed by atoms with van der Waals surface area (Å²) in [7, 11) is 0. The average molecular weight is 238 g/mol. The molecule has 0 fully saturated rings. The van der Waals surface area contributed by atoms with Crippen LogP contribution >= 0.6 is 0 Å². The van der Waals surface area contributed by atoms with Crippen LogP contribution in [0.4, 0.5) is 0 Å². The molecular weight excluding hydrogens is 220 g/mol. The van der Waals surface area contributed by atoms with Gasteiger partial charge in [0.1, 0.15) is 5.84 Å². The zero-order valence-electron chi connectivity index (χ0n) is 10.8. The maximum atomic E-state index is 7.90. The van der Waals surface area contributed by atoms with E-state index in [1.807, 2.05) is 36.4 Å². The molecule has 92 valence electrons. The topological polar surface area (TPSA) is 49.9 Å². The Balaban J connectivity index is 2.58. The SMILES string of the molecule is Cc1ccccc1C(C(=N)N)c1ccccc1C. The van der Waals surface area contributed by atoms with Crippen molar-refractivity contribution < 1.29 is 0 Å². The van der Waals surface area contributed by atoms with Crippen molar-refractivity contribution in [2.75, 3.05) is 0 Å². The second-order valence-electron chi connectivity index (χ2n) is 4.60. The first-order chi connectivity index (χ1) is 8.61. The smallest absolute Gasteiger partial charge is 0.103 e. The summed E-state index contributed by atoms with van der Waals surface area (Å²) in [6, 6.07) is 16.2. The Bertz CT molecular complexity index is 527. The zero-order chi connectivity index (χ0) is 13.1. The molecule has 0 aromatic heterocycles. The second kappa shape index (κ2) is 5.05. The van der Waals surface area contributed by atoms with Crippen molar-refractivity contribution in [1.82, 2.24) is 0 Å². The van der Waals surface area contributed by atoms with Gasteiger partial charge in [-0.2, -0.15) is 0 Å². The summed E-state index contributed by atoms with van der Waals surface area (Å²) in [6.07, 6.45) is 0. The van der Waals surface area contributed by atoms with E-state index in [1.54, 1.807) is 0 Å². The minimum atomic E-state index is -0.146. The molecule has 0 amide bonds. The van der Waals surface area contributed by atoms with Crippen molar-refractivity contribution in [3.63, 3.8) is 0 Å². The minimum absolute atomic E-state index is 0.146. The largest absolute Gasteiger partial charge is 0.387 e. The van der Waals surface area contributed by atoms with E-state index >= 15 is 0 Å².